The molecule has 0 radical (unpaired) electrons. The normalized spacial score (nSPS) is 12.6. The van der Waals surface area contributed by atoms with E-state index in [4.69, 9.17) is 20.5 Å². The van der Waals surface area contributed by atoms with Gasteiger partial charge in [0.25, 0.3) is 0 Å². The minimum atomic E-state index is -0.281. The van der Waals surface area contributed by atoms with Crippen molar-refractivity contribution in [2.75, 3.05) is 11.5 Å². The van der Waals surface area contributed by atoms with Crippen LogP contribution < -0.4 is 11.5 Å². The van der Waals surface area contributed by atoms with Gasteiger partial charge in [-0.1, -0.05) is 24.2 Å². The van der Waals surface area contributed by atoms with Gasteiger partial charge in [0, 0.05) is 23.6 Å². The molecule has 0 aliphatic heterocycles. The second kappa shape index (κ2) is 8.14. The van der Waals surface area contributed by atoms with Crippen LogP contribution in [0.5, 0.6) is 0 Å². The Hall–Kier alpha value is -2.83. The van der Waals surface area contributed by atoms with Crippen LogP contribution in [0.25, 0.3) is 11.3 Å². The Morgan fingerprint density at radius 1 is 0.958 bits per heavy atom. The van der Waals surface area contributed by atoms with Gasteiger partial charge in [0.2, 0.25) is 0 Å². The Morgan fingerprint density at radius 3 is 2.00 bits per heavy atom. The van der Waals surface area contributed by atoms with E-state index >= 15 is 0 Å². The summed E-state index contributed by atoms with van der Waals surface area (Å²) in [7, 11) is 0. The summed E-state index contributed by atoms with van der Waals surface area (Å²) in [5.74, 6) is 2.65. The van der Waals surface area contributed by atoms with Crippen LogP contribution in [0.1, 0.15) is 38.4 Å². The molecule has 1 aromatic carbocycles. The van der Waals surface area contributed by atoms with Crippen molar-refractivity contribution in [3.63, 3.8) is 0 Å². The zero-order valence-corrected chi connectivity index (χ0v) is 13.7. The molecule has 0 amide bonds. The Balaban J connectivity index is 0.000000165. The van der Waals surface area contributed by atoms with Gasteiger partial charge in [0.15, 0.2) is 17.4 Å². The molecule has 3 aromatic rings. The van der Waals surface area contributed by atoms with E-state index in [1.807, 2.05) is 13.8 Å². The van der Waals surface area contributed by atoms with E-state index in [2.05, 4.69) is 10.3 Å². The Bertz CT molecular complexity index is 748. The van der Waals surface area contributed by atoms with E-state index in [0.717, 1.165) is 11.3 Å². The number of nitrogen functional groups attached to an aromatic ring is 2. The average Bonchev–Trinajstić information content (AvgIpc) is 3.22. The molecule has 7 heteroatoms. The van der Waals surface area contributed by atoms with Crippen molar-refractivity contribution in [1.82, 2.24) is 10.3 Å². The predicted molar refractivity (Wildman–Crippen MR) is 90.5 cm³/mol. The molecule has 24 heavy (non-hydrogen) atoms. The maximum Gasteiger partial charge on any atom is 0.169 e. The molecule has 1 saturated carbocycles. The van der Waals surface area contributed by atoms with Crippen LogP contribution in [-0.2, 0) is 0 Å². The quantitative estimate of drug-likeness (QED) is 0.728. The highest BCUT2D eigenvalue weighted by Crippen LogP contribution is 2.40. The van der Waals surface area contributed by atoms with Crippen LogP contribution in [-0.4, -0.2) is 10.3 Å². The third-order valence-electron chi connectivity index (χ3n) is 3.18. The monoisotopic (exact) mass is 332 g/mol. The summed E-state index contributed by atoms with van der Waals surface area (Å²) in [6.07, 6.45) is 2.46. The number of hydrogen-bond donors (Lipinski definition) is 2. The zero-order chi connectivity index (χ0) is 17.5. The first kappa shape index (κ1) is 17.5. The van der Waals surface area contributed by atoms with Gasteiger partial charge in [0.05, 0.1) is 0 Å². The first-order valence-corrected chi connectivity index (χ1v) is 7.82. The van der Waals surface area contributed by atoms with Crippen LogP contribution in [0.3, 0.4) is 0 Å². The summed E-state index contributed by atoms with van der Waals surface area (Å²) in [6, 6.07) is 9.32. The van der Waals surface area contributed by atoms with E-state index in [1.165, 1.54) is 25.0 Å². The number of nitrogens with zero attached hydrogens (tertiary/aromatic N) is 2. The summed E-state index contributed by atoms with van der Waals surface area (Å²) in [5, 5.41) is 7.11. The molecule has 1 aliphatic carbocycles. The van der Waals surface area contributed by atoms with Gasteiger partial charge in [-0.15, -0.1) is 0 Å². The van der Waals surface area contributed by atoms with E-state index in [-0.39, 0.29) is 5.82 Å². The lowest BCUT2D eigenvalue weighted by molar-refractivity contribution is 0.387. The molecule has 1 fully saturated rings. The first-order valence-electron chi connectivity index (χ1n) is 7.82. The molecule has 6 nitrogen and oxygen atoms in total. The molecule has 0 spiro atoms. The van der Waals surface area contributed by atoms with Gasteiger partial charge < -0.3 is 20.5 Å². The largest absolute Gasteiger partial charge is 0.381 e. The number of aromatic nitrogens is 2. The SMILES string of the molecule is CC.Nc1cc(-c2ccc(F)cc2)on1.Nc1cc(C2CC2)on1. The van der Waals surface area contributed by atoms with Gasteiger partial charge >= 0.3 is 0 Å². The summed E-state index contributed by atoms with van der Waals surface area (Å²) < 4.78 is 22.3. The number of anilines is 2. The van der Waals surface area contributed by atoms with Crippen molar-refractivity contribution in [2.24, 2.45) is 0 Å². The van der Waals surface area contributed by atoms with Crippen molar-refractivity contribution in [1.29, 1.82) is 0 Å². The van der Waals surface area contributed by atoms with Gasteiger partial charge in [-0.2, -0.15) is 0 Å². The van der Waals surface area contributed by atoms with Gasteiger partial charge in [0.1, 0.15) is 11.6 Å². The molecule has 4 N–H and O–H groups in total. The van der Waals surface area contributed by atoms with E-state index in [0.29, 0.717) is 23.3 Å². The smallest absolute Gasteiger partial charge is 0.169 e. The molecule has 0 atom stereocenters. The molecule has 128 valence electrons. The molecule has 0 unspecified atom stereocenters. The highest BCUT2D eigenvalue weighted by molar-refractivity contribution is 5.59. The molecular formula is C17H21FN4O2. The van der Waals surface area contributed by atoms with Crippen LogP contribution in [0.2, 0.25) is 0 Å². The number of nitrogens with two attached hydrogens (primary N) is 2. The van der Waals surface area contributed by atoms with Crippen molar-refractivity contribution in [3.05, 3.63) is 48.0 Å². The minimum Gasteiger partial charge on any atom is -0.381 e. The number of rotatable bonds is 2. The third kappa shape index (κ3) is 4.84. The molecule has 2 aromatic heterocycles. The van der Waals surface area contributed by atoms with Crippen molar-refractivity contribution in [2.45, 2.75) is 32.6 Å². The van der Waals surface area contributed by atoms with Crippen molar-refractivity contribution in [3.8, 4) is 11.3 Å². The van der Waals surface area contributed by atoms with Crippen LogP contribution in [0.4, 0.5) is 16.0 Å². The lowest BCUT2D eigenvalue weighted by atomic mass is 10.2. The fourth-order valence-corrected chi connectivity index (χ4v) is 1.90. The number of hydrogen-bond acceptors (Lipinski definition) is 6. The topological polar surface area (TPSA) is 104 Å². The fraction of sp³-hybridized carbons (Fsp3) is 0.294. The highest BCUT2D eigenvalue weighted by Gasteiger charge is 2.27. The van der Waals surface area contributed by atoms with E-state index < -0.39 is 0 Å². The second-order valence-corrected chi connectivity index (χ2v) is 5.05. The minimum absolute atomic E-state index is 0.281. The highest BCUT2D eigenvalue weighted by atomic mass is 19.1. The maximum absolute atomic E-state index is 12.5. The maximum atomic E-state index is 12.5. The second-order valence-electron chi connectivity index (χ2n) is 5.05. The van der Waals surface area contributed by atoms with Gasteiger partial charge in [-0.3, -0.25) is 0 Å². The summed E-state index contributed by atoms with van der Waals surface area (Å²) in [5.41, 5.74) is 11.5. The Morgan fingerprint density at radius 2 is 1.54 bits per heavy atom. The van der Waals surface area contributed by atoms with Crippen LogP contribution >= 0.6 is 0 Å². The molecule has 0 bridgehead atoms. The molecular weight excluding hydrogens is 311 g/mol. The summed E-state index contributed by atoms with van der Waals surface area (Å²) in [6.45, 7) is 4.00. The van der Waals surface area contributed by atoms with Gasteiger partial charge in [-0.05, 0) is 37.1 Å². The Kier molecular flexibility index (Phi) is 5.95. The zero-order valence-electron chi connectivity index (χ0n) is 13.7. The molecule has 1 aliphatic rings. The fourth-order valence-electron chi connectivity index (χ4n) is 1.90. The average molecular weight is 332 g/mol. The lowest BCUT2D eigenvalue weighted by Gasteiger charge is -1.92. The lowest BCUT2D eigenvalue weighted by Crippen LogP contribution is -1.80. The summed E-state index contributed by atoms with van der Waals surface area (Å²) in [4.78, 5) is 0. The molecule has 0 saturated heterocycles. The van der Waals surface area contributed by atoms with E-state index in [9.17, 15) is 4.39 Å². The van der Waals surface area contributed by atoms with Crippen LogP contribution in [0, 0.1) is 5.82 Å². The molecule has 2 heterocycles. The first-order chi connectivity index (χ1) is 11.6. The number of halogens is 1. The van der Waals surface area contributed by atoms with Crippen molar-refractivity contribution < 1.29 is 13.4 Å². The predicted octanol–water partition coefficient (Wildman–Crippen LogP) is 4.22. The van der Waals surface area contributed by atoms with E-state index in [1.54, 1.807) is 24.3 Å². The van der Waals surface area contributed by atoms with Crippen LogP contribution in [0.15, 0.2) is 45.4 Å². The van der Waals surface area contributed by atoms with Crippen molar-refractivity contribution >= 4 is 11.6 Å². The standard InChI is InChI=1S/C9H7FN2O.C6H8N2O.C2H6/c10-7-3-1-6(2-4-7)8-5-9(11)12-13-8;7-6-3-5(9-8-6)4-1-2-4;1-2/h1-5H,(H2,11,12);3-4H,1-2H2,(H2,7,8);1-2H3. The van der Waals surface area contributed by atoms with Gasteiger partial charge in [-0.25, -0.2) is 4.39 Å². The summed E-state index contributed by atoms with van der Waals surface area (Å²) >= 11 is 0. The molecule has 4 rings (SSSR count). The number of benzene rings is 1. The third-order valence-corrected chi connectivity index (χ3v) is 3.18. The Labute approximate surface area is 139 Å².